The third-order valence-corrected chi connectivity index (χ3v) is 6.07. The number of hydrogen-bond donors (Lipinski definition) is 1. The van der Waals surface area contributed by atoms with Gasteiger partial charge >= 0.3 is 0 Å². The smallest absolute Gasteiger partial charge is 0.257 e. The minimum atomic E-state index is -0.284. The zero-order chi connectivity index (χ0) is 23.2. The Morgan fingerprint density at radius 3 is 2.09 bits per heavy atom. The molecule has 7 heteroatoms. The van der Waals surface area contributed by atoms with Crippen molar-refractivity contribution in [3.63, 3.8) is 0 Å². The van der Waals surface area contributed by atoms with Crippen molar-refractivity contribution in [2.75, 3.05) is 26.6 Å². The van der Waals surface area contributed by atoms with Gasteiger partial charge in [0.25, 0.3) is 5.91 Å². The molecule has 6 nitrogen and oxygen atoms in total. The van der Waals surface area contributed by atoms with Gasteiger partial charge in [-0.2, -0.15) is 0 Å². The van der Waals surface area contributed by atoms with Crippen LogP contribution in [0.4, 0.5) is 5.13 Å². The van der Waals surface area contributed by atoms with E-state index in [9.17, 15) is 4.79 Å². The monoisotopic (exact) mass is 460 g/mol. The van der Waals surface area contributed by atoms with Crippen LogP contribution in [0.2, 0.25) is 0 Å². The molecule has 0 radical (unpaired) electrons. The Hall–Kier alpha value is -3.84. The van der Waals surface area contributed by atoms with Crippen molar-refractivity contribution in [2.24, 2.45) is 0 Å². The van der Waals surface area contributed by atoms with Crippen LogP contribution in [0.25, 0.3) is 11.3 Å². The van der Waals surface area contributed by atoms with Crippen LogP contribution in [0.3, 0.4) is 0 Å². The summed E-state index contributed by atoms with van der Waals surface area (Å²) in [6, 6.07) is 23.0. The number of amides is 1. The lowest BCUT2D eigenvalue weighted by Gasteiger charge is -2.08. The molecule has 0 fully saturated rings. The standard InChI is InChI=1S/C26H24N2O4S/c1-30-20-11-9-18(10-12-20)24-23(13-17-7-5-4-6-8-17)33-26(27-24)28-25(29)19-14-21(31-2)16-22(15-19)32-3/h4-12,14-16H,13H2,1-3H3,(H,27,28,29). The van der Waals surface area contributed by atoms with E-state index in [4.69, 9.17) is 19.2 Å². The van der Waals surface area contributed by atoms with Crippen LogP contribution in [-0.2, 0) is 6.42 Å². The van der Waals surface area contributed by atoms with E-state index in [1.807, 2.05) is 42.5 Å². The first-order valence-corrected chi connectivity index (χ1v) is 11.1. The van der Waals surface area contributed by atoms with Crippen molar-refractivity contribution in [1.82, 2.24) is 4.98 Å². The minimum absolute atomic E-state index is 0.284. The Morgan fingerprint density at radius 1 is 0.848 bits per heavy atom. The van der Waals surface area contributed by atoms with Gasteiger partial charge in [0.05, 0.1) is 27.0 Å². The van der Waals surface area contributed by atoms with Crippen molar-refractivity contribution < 1.29 is 19.0 Å². The molecule has 0 bridgehead atoms. The van der Waals surface area contributed by atoms with E-state index in [1.54, 1.807) is 39.5 Å². The Morgan fingerprint density at radius 2 is 1.48 bits per heavy atom. The van der Waals surface area contributed by atoms with Gasteiger partial charge in [0.2, 0.25) is 0 Å². The van der Waals surface area contributed by atoms with E-state index in [0.29, 0.717) is 28.6 Å². The van der Waals surface area contributed by atoms with Gasteiger partial charge in [0.15, 0.2) is 5.13 Å². The Balaban J connectivity index is 1.66. The average molecular weight is 461 g/mol. The highest BCUT2D eigenvalue weighted by Crippen LogP contribution is 2.34. The number of hydrogen-bond acceptors (Lipinski definition) is 6. The zero-order valence-electron chi connectivity index (χ0n) is 18.6. The van der Waals surface area contributed by atoms with Crippen LogP contribution in [0.5, 0.6) is 17.2 Å². The van der Waals surface area contributed by atoms with E-state index in [-0.39, 0.29) is 5.91 Å². The number of aromatic nitrogens is 1. The molecule has 1 N–H and O–H groups in total. The number of thiazole rings is 1. The number of nitrogens with zero attached hydrogens (tertiary/aromatic N) is 1. The molecule has 0 saturated carbocycles. The molecule has 0 atom stereocenters. The molecular formula is C26H24N2O4S. The molecule has 168 valence electrons. The molecular weight excluding hydrogens is 436 g/mol. The first-order chi connectivity index (χ1) is 16.1. The van der Waals surface area contributed by atoms with Gasteiger partial charge in [0.1, 0.15) is 17.2 Å². The molecule has 1 amide bonds. The fourth-order valence-electron chi connectivity index (χ4n) is 3.39. The third-order valence-electron chi connectivity index (χ3n) is 5.10. The number of rotatable bonds is 8. The first-order valence-electron chi connectivity index (χ1n) is 10.3. The Bertz CT molecular complexity index is 1210. The summed E-state index contributed by atoms with van der Waals surface area (Å²) in [7, 11) is 4.74. The minimum Gasteiger partial charge on any atom is -0.497 e. The van der Waals surface area contributed by atoms with E-state index in [1.165, 1.54) is 16.9 Å². The highest BCUT2D eigenvalue weighted by molar-refractivity contribution is 7.16. The number of nitrogens with one attached hydrogen (secondary N) is 1. The van der Waals surface area contributed by atoms with Crippen molar-refractivity contribution in [3.8, 4) is 28.5 Å². The fourth-order valence-corrected chi connectivity index (χ4v) is 4.40. The molecule has 1 heterocycles. The highest BCUT2D eigenvalue weighted by atomic mass is 32.1. The quantitative estimate of drug-likeness (QED) is 0.366. The molecule has 0 saturated heterocycles. The second-order valence-electron chi connectivity index (χ2n) is 7.24. The lowest BCUT2D eigenvalue weighted by molar-refractivity contribution is 0.102. The summed E-state index contributed by atoms with van der Waals surface area (Å²) in [5, 5.41) is 3.46. The zero-order valence-corrected chi connectivity index (χ0v) is 19.4. The number of carbonyl (C=O) groups is 1. The maximum atomic E-state index is 13.0. The predicted molar refractivity (Wildman–Crippen MR) is 131 cm³/mol. The number of anilines is 1. The van der Waals surface area contributed by atoms with Crippen LogP contribution >= 0.6 is 11.3 Å². The fraction of sp³-hybridized carbons (Fsp3) is 0.154. The van der Waals surface area contributed by atoms with Crippen LogP contribution in [0.1, 0.15) is 20.8 Å². The third kappa shape index (κ3) is 5.32. The van der Waals surface area contributed by atoms with E-state index in [0.717, 1.165) is 21.9 Å². The van der Waals surface area contributed by atoms with E-state index in [2.05, 4.69) is 17.4 Å². The first kappa shape index (κ1) is 22.4. The molecule has 0 aliphatic carbocycles. The van der Waals surface area contributed by atoms with Crippen LogP contribution in [-0.4, -0.2) is 32.2 Å². The van der Waals surface area contributed by atoms with E-state index < -0.39 is 0 Å². The molecule has 0 aliphatic rings. The molecule has 0 unspecified atom stereocenters. The summed E-state index contributed by atoms with van der Waals surface area (Å²) in [5.41, 5.74) is 3.40. The second kappa shape index (κ2) is 10.2. The molecule has 0 aliphatic heterocycles. The lowest BCUT2D eigenvalue weighted by atomic mass is 10.1. The second-order valence-corrected chi connectivity index (χ2v) is 8.32. The average Bonchev–Trinajstić information content (AvgIpc) is 3.26. The lowest BCUT2D eigenvalue weighted by Crippen LogP contribution is -2.12. The summed E-state index contributed by atoms with van der Waals surface area (Å²) in [4.78, 5) is 18.8. The molecule has 4 aromatic rings. The molecule has 0 spiro atoms. The predicted octanol–water partition coefficient (Wildman–Crippen LogP) is 5.68. The summed E-state index contributed by atoms with van der Waals surface area (Å²) >= 11 is 1.47. The highest BCUT2D eigenvalue weighted by Gasteiger charge is 2.17. The maximum Gasteiger partial charge on any atom is 0.257 e. The van der Waals surface area contributed by atoms with Gasteiger partial charge in [-0.3, -0.25) is 10.1 Å². The molecule has 33 heavy (non-hydrogen) atoms. The summed E-state index contributed by atoms with van der Waals surface area (Å²) in [5.74, 6) is 1.58. The number of benzene rings is 3. The van der Waals surface area contributed by atoms with E-state index >= 15 is 0 Å². The van der Waals surface area contributed by atoms with Gasteiger partial charge in [-0.15, -0.1) is 11.3 Å². The summed E-state index contributed by atoms with van der Waals surface area (Å²) < 4.78 is 15.8. The van der Waals surface area contributed by atoms with Crippen LogP contribution in [0.15, 0.2) is 72.8 Å². The number of methoxy groups -OCH3 is 3. The van der Waals surface area contributed by atoms with Crippen molar-refractivity contribution >= 4 is 22.4 Å². The summed E-state index contributed by atoms with van der Waals surface area (Å²) in [6.45, 7) is 0. The van der Waals surface area contributed by atoms with Gasteiger partial charge in [-0.1, -0.05) is 30.3 Å². The number of carbonyl (C=O) groups excluding carboxylic acids is 1. The van der Waals surface area contributed by atoms with Gasteiger partial charge in [-0.25, -0.2) is 4.98 Å². The van der Waals surface area contributed by atoms with Crippen molar-refractivity contribution in [1.29, 1.82) is 0 Å². The molecule has 1 aromatic heterocycles. The Labute approximate surface area is 196 Å². The van der Waals surface area contributed by atoms with Crippen LogP contribution in [0, 0.1) is 0 Å². The molecule has 4 rings (SSSR count). The van der Waals surface area contributed by atoms with Gasteiger partial charge < -0.3 is 14.2 Å². The molecule has 3 aromatic carbocycles. The van der Waals surface area contributed by atoms with Gasteiger partial charge in [-0.05, 0) is 42.0 Å². The normalized spacial score (nSPS) is 10.5. The van der Waals surface area contributed by atoms with Crippen molar-refractivity contribution in [2.45, 2.75) is 6.42 Å². The largest absolute Gasteiger partial charge is 0.497 e. The topological polar surface area (TPSA) is 69.7 Å². The van der Waals surface area contributed by atoms with Gasteiger partial charge in [0, 0.05) is 28.5 Å². The summed E-state index contributed by atoms with van der Waals surface area (Å²) in [6.07, 6.45) is 0.711. The number of ether oxygens (including phenoxy) is 3. The Kier molecular flexibility index (Phi) is 6.90. The van der Waals surface area contributed by atoms with Crippen molar-refractivity contribution in [3.05, 3.63) is 88.8 Å². The maximum absolute atomic E-state index is 13.0. The SMILES string of the molecule is COc1ccc(-c2nc(NC(=O)c3cc(OC)cc(OC)c3)sc2Cc2ccccc2)cc1. The van der Waals surface area contributed by atoms with Crippen LogP contribution < -0.4 is 19.5 Å².